The number of hydrogen-bond donors (Lipinski definition) is 0. The minimum absolute atomic E-state index is 0.0941. The molecule has 0 saturated heterocycles. The molecule has 0 aromatic rings. The largest absolute Gasteiger partial charge is 0.469 e. The van der Waals surface area contributed by atoms with Gasteiger partial charge in [0.1, 0.15) is 6.29 Å². The molecule has 94 valence electrons. The second kappa shape index (κ2) is 5.30. The summed E-state index contributed by atoms with van der Waals surface area (Å²) in [5.41, 5.74) is 0.526. The predicted octanol–water partition coefficient (Wildman–Crippen LogP) is 2.52. The van der Waals surface area contributed by atoms with Crippen LogP contribution in [0.25, 0.3) is 0 Å². The molecule has 0 heterocycles. The lowest BCUT2D eigenvalue weighted by molar-refractivity contribution is -0.143. The third-order valence-corrected chi connectivity index (χ3v) is 3.42. The van der Waals surface area contributed by atoms with Crippen LogP contribution in [-0.2, 0) is 14.3 Å². The summed E-state index contributed by atoms with van der Waals surface area (Å²) in [4.78, 5) is 22.4. The fourth-order valence-electron chi connectivity index (χ4n) is 2.16. The molecular formula is C14H20O3. The average Bonchev–Trinajstić information content (AvgIpc) is 2.85. The molecule has 2 atom stereocenters. The van der Waals surface area contributed by atoms with Gasteiger partial charge in [-0.05, 0) is 17.8 Å². The van der Waals surface area contributed by atoms with Crippen molar-refractivity contribution in [3.8, 4) is 0 Å². The van der Waals surface area contributed by atoms with Gasteiger partial charge in [-0.25, -0.2) is 0 Å². The maximum Gasteiger partial charge on any atom is 0.309 e. The van der Waals surface area contributed by atoms with E-state index in [0.29, 0.717) is 5.57 Å². The zero-order chi connectivity index (χ0) is 13.1. The molecule has 0 radical (unpaired) electrons. The number of esters is 1. The van der Waals surface area contributed by atoms with Gasteiger partial charge < -0.3 is 4.74 Å². The van der Waals surface area contributed by atoms with Gasteiger partial charge in [0.2, 0.25) is 0 Å². The van der Waals surface area contributed by atoms with Crippen LogP contribution in [0.3, 0.4) is 0 Å². The lowest BCUT2D eigenvalue weighted by Gasteiger charge is -1.99. The molecule has 0 N–H and O–H groups in total. The van der Waals surface area contributed by atoms with Crippen LogP contribution in [0.2, 0.25) is 0 Å². The van der Waals surface area contributed by atoms with Gasteiger partial charge in [0.15, 0.2) is 0 Å². The molecule has 3 heteroatoms. The zero-order valence-electron chi connectivity index (χ0n) is 10.9. The highest BCUT2D eigenvalue weighted by Crippen LogP contribution is 2.59. The van der Waals surface area contributed by atoms with Gasteiger partial charge in [0.25, 0.3) is 0 Å². The van der Waals surface area contributed by atoms with E-state index < -0.39 is 0 Å². The van der Waals surface area contributed by atoms with Crippen LogP contribution in [0.5, 0.6) is 0 Å². The van der Waals surface area contributed by atoms with E-state index in [2.05, 4.69) is 0 Å². The molecule has 0 amide bonds. The van der Waals surface area contributed by atoms with Crippen molar-refractivity contribution >= 4 is 12.3 Å². The molecule has 1 saturated carbocycles. The van der Waals surface area contributed by atoms with Crippen molar-refractivity contribution in [2.75, 3.05) is 7.11 Å². The number of carbonyl (C=O) groups is 2. The Morgan fingerprint density at radius 2 is 2.06 bits per heavy atom. The molecule has 3 nitrogen and oxygen atoms in total. The Kier molecular flexibility index (Phi) is 4.27. The maximum absolute atomic E-state index is 11.5. The number of methoxy groups -OCH3 is 1. The van der Waals surface area contributed by atoms with Crippen LogP contribution in [0.15, 0.2) is 23.8 Å². The van der Waals surface area contributed by atoms with Crippen LogP contribution < -0.4 is 0 Å². The number of aldehydes is 1. The summed E-state index contributed by atoms with van der Waals surface area (Å²) in [7, 11) is 1.40. The van der Waals surface area contributed by atoms with Crippen LogP contribution in [0, 0.1) is 17.3 Å². The number of ether oxygens (including phenoxy) is 1. The first-order valence-electron chi connectivity index (χ1n) is 5.90. The summed E-state index contributed by atoms with van der Waals surface area (Å²) in [6, 6.07) is 0. The number of rotatable bonds is 5. The standard InChI is InChI=1S/C14H20O3/c1-5-6-7-10(9-15)8-11-12(13(16)17-4)14(11,2)3/h6-9,11-12H,5H2,1-4H3/b7-6?,10-8+. The molecule has 2 unspecified atom stereocenters. The van der Waals surface area contributed by atoms with Crippen molar-refractivity contribution in [1.82, 2.24) is 0 Å². The monoisotopic (exact) mass is 236 g/mol. The van der Waals surface area contributed by atoms with Crippen molar-refractivity contribution in [1.29, 1.82) is 0 Å². The number of allylic oxidation sites excluding steroid dienone is 4. The Hall–Kier alpha value is -1.38. The minimum Gasteiger partial charge on any atom is -0.469 e. The Bertz CT molecular complexity index is 364. The first-order valence-corrected chi connectivity index (χ1v) is 5.90. The van der Waals surface area contributed by atoms with Gasteiger partial charge in [0, 0.05) is 5.57 Å². The Morgan fingerprint density at radius 3 is 2.53 bits per heavy atom. The van der Waals surface area contributed by atoms with Crippen LogP contribution in [0.4, 0.5) is 0 Å². The highest BCUT2D eigenvalue weighted by Gasteiger charge is 2.61. The third-order valence-electron chi connectivity index (χ3n) is 3.42. The van der Waals surface area contributed by atoms with E-state index in [1.165, 1.54) is 7.11 Å². The highest BCUT2D eigenvalue weighted by atomic mass is 16.5. The highest BCUT2D eigenvalue weighted by molar-refractivity contribution is 5.81. The van der Waals surface area contributed by atoms with Crippen molar-refractivity contribution in [3.05, 3.63) is 23.8 Å². The van der Waals surface area contributed by atoms with E-state index in [0.717, 1.165) is 12.7 Å². The molecule has 0 aliphatic heterocycles. The molecule has 0 aromatic heterocycles. The first kappa shape index (κ1) is 13.7. The summed E-state index contributed by atoms with van der Waals surface area (Å²) >= 11 is 0. The molecule has 0 bridgehead atoms. The summed E-state index contributed by atoms with van der Waals surface area (Å²) in [6.07, 6.45) is 7.33. The predicted molar refractivity (Wildman–Crippen MR) is 66.4 cm³/mol. The van der Waals surface area contributed by atoms with Gasteiger partial charge in [-0.1, -0.05) is 39.0 Å². The Balaban J connectivity index is 2.81. The van der Waals surface area contributed by atoms with Crippen molar-refractivity contribution in [2.45, 2.75) is 27.2 Å². The van der Waals surface area contributed by atoms with E-state index in [-0.39, 0.29) is 23.2 Å². The second-order valence-corrected chi connectivity index (χ2v) is 4.94. The minimum atomic E-state index is -0.194. The number of hydrogen-bond acceptors (Lipinski definition) is 3. The Morgan fingerprint density at radius 1 is 1.41 bits per heavy atom. The van der Waals surface area contributed by atoms with Gasteiger partial charge in [-0.2, -0.15) is 0 Å². The summed E-state index contributed by atoms with van der Waals surface area (Å²) in [6.45, 7) is 6.04. The fourth-order valence-corrected chi connectivity index (χ4v) is 2.16. The first-order chi connectivity index (χ1) is 7.98. The smallest absolute Gasteiger partial charge is 0.309 e. The third kappa shape index (κ3) is 2.84. The lowest BCUT2D eigenvalue weighted by atomic mass is 10.1. The topological polar surface area (TPSA) is 43.4 Å². The molecule has 1 rings (SSSR count). The van der Waals surface area contributed by atoms with Crippen molar-refractivity contribution in [3.63, 3.8) is 0 Å². The maximum atomic E-state index is 11.5. The van der Waals surface area contributed by atoms with Gasteiger partial charge in [0.05, 0.1) is 13.0 Å². The normalized spacial score (nSPS) is 26.9. The molecule has 0 spiro atoms. The second-order valence-electron chi connectivity index (χ2n) is 4.94. The molecule has 17 heavy (non-hydrogen) atoms. The van der Waals surface area contributed by atoms with Crippen LogP contribution in [-0.4, -0.2) is 19.4 Å². The summed E-state index contributed by atoms with van der Waals surface area (Å²) in [5, 5.41) is 0. The summed E-state index contributed by atoms with van der Waals surface area (Å²) in [5.74, 6) is -0.227. The van der Waals surface area contributed by atoms with E-state index in [1.807, 2.05) is 32.9 Å². The number of carbonyl (C=O) groups excluding carboxylic acids is 2. The SMILES string of the molecule is CCC=C/C(C=O)=C\C1C(C(=O)OC)C1(C)C. The molecule has 1 fully saturated rings. The Labute approximate surface area is 103 Å². The van der Waals surface area contributed by atoms with E-state index in [4.69, 9.17) is 4.74 Å². The summed E-state index contributed by atoms with van der Waals surface area (Å²) < 4.78 is 4.76. The zero-order valence-corrected chi connectivity index (χ0v) is 10.9. The molecular weight excluding hydrogens is 216 g/mol. The molecule has 0 aromatic carbocycles. The van der Waals surface area contributed by atoms with Gasteiger partial charge in [-0.3, -0.25) is 9.59 Å². The van der Waals surface area contributed by atoms with E-state index in [9.17, 15) is 9.59 Å². The lowest BCUT2D eigenvalue weighted by Crippen LogP contribution is -2.07. The van der Waals surface area contributed by atoms with Crippen molar-refractivity contribution < 1.29 is 14.3 Å². The van der Waals surface area contributed by atoms with Gasteiger partial charge >= 0.3 is 5.97 Å². The molecule has 1 aliphatic carbocycles. The van der Waals surface area contributed by atoms with Crippen LogP contribution >= 0.6 is 0 Å². The van der Waals surface area contributed by atoms with E-state index >= 15 is 0 Å². The average molecular weight is 236 g/mol. The molecule has 1 aliphatic rings. The van der Waals surface area contributed by atoms with Crippen molar-refractivity contribution in [2.24, 2.45) is 17.3 Å². The van der Waals surface area contributed by atoms with Gasteiger partial charge in [-0.15, -0.1) is 0 Å². The quantitative estimate of drug-likeness (QED) is 0.319. The van der Waals surface area contributed by atoms with E-state index in [1.54, 1.807) is 6.08 Å². The van der Waals surface area contributed by atoms with Crippen LogP contribution in [0.1, 0.15) is 27.2 Å². The fraction of sp³-hybridized carbons (Fsp3) is 0.571.